The van der Waals surface area contributed by atoms with Gasteiger partial charge in [0.05, 0.1) is 12.6 Å². The van der Waals surface area contributed by atoms with Crippen molar-refractivity contribution in [3.63, 3.8) is 0 Å². The van der Waals surface area contributed by atoms with Crippen LogP contribution in [0.15, 0.2) is 61.2 Å². The number of nitrogens with one attached hydrogen (secondary N) is 1. The van der Waals surface area contributed by atoms with E-state index < -0.39 is 25.2 Å². The smallest absolute Gasteiger partial charge is 0.303 e. The number of aliphatic hydroxyl groups excluding tert-OH is 2. The normalized spacial score (nSPS) is 12.7. The number of benzene rings is 2. The largest absolute Gasteiger partial charge is 0.491 e. The Morgan fingerprint density at radius 2 is 1.53 bits per heavy atom. The summed E-state index contributed by atoms with van der Waals surface area (Å²) in [6, 6.07) is 13.7. The standard InChI is InChI=1S/C24H29F2NO5/c1-4-22(30)27-19(13-28)14-31-20-9-5-17(6-10-20)23(2,3)18-7-11-21(12-8-18)32-16-24(25,26)15-29/h4-12,19,28-29H,1,13-16H2,2-3H3,(H,27,30). The Kier molecular flexibility index (Phi) is 8.74. The maximum atomic E-state index is 13.1. The third-order valence-corrected chi connectivity index (χ3v) is 5.04. The molecule has 1 amide bonds. The topological polar surface area (TPSA) is 88.0 Å². The molecule has 0 spiro atoms. The second kappa shape index (κ2) is 11.1. The third kappa shape index (κ3) is 7.03. The molecular formula is C24H29F2NO5. The molecule has 0 fully saturated rings. The zero-order valence-electron chi connectivity index (χ0n) is 18.2. The van der Waals surface area contributed by atoms with Crippen LogP contribution < -0.4 is 14.8 Å². The van der Waals surface area contributed by atoms with Crippen molar-refractivity contribution in [3.05, 3.63) is 72.3 Å². The van der Waals surface area contributed by atoms with Gasteiger partial charge in [-0.1, -0.05) is 44.7 Å². The Balaban J connectivity index is 2.01. The first-order chi connectivity index (χ1) is 15.1. The van der Waals surface area contributed by atoms with Gasteiger partial charge < -0.3 is 25.0 Å². The summed E-state index contributed by atoms with van der Waals surface area (Å²) < 4.78 is 37.0. The Hall–Kier alpha value is -2.97. The van der Waals surface area contributed by atoms with E-state index in [0.29, 0.717) is 11.5 Å². The first-order valence-electron chi connectivity index (χ1n) is 10.1. The highest BCUT2D eigenvalue weighted by Gasteiger charge is 2.29. The predicted molar refractivity (Wildman–Crippen MR) is 117 cm³/mol. The summed E-state index contributed by atoms with van der Waals surface area (Å²) in [7, 11) is 0. The molecule has 0 bridgehead atoms. The number of carbonyl (C=O) groups is 1. The van der Waals surface area contributed by atoms with E-state index in [1.54, 1.807) is 24.3 Å². The first kappa shape index (κ1) is 25.3. The van der Waals surface area contributed by atoms with Crippen molar-refractivity contribution in [1.29, 1.82) is 0 Å². The van der Waals surface area contributed by atoms with Crippen LogP contribution in [0.2, 0.25) is 0 Å². The van der Waals surface area contributed by atoms with Crippen LogP contribution in [0, 0.1) is 0 Å². The second-order valence-electron chi connectivity index (χ2n) is 7.88. The Morgan fingerprint density at radius 3 is 1.97 bits per heavy atom. The number of alkyl halides is 2. The quantitative estimate of drug-likeness (QED) is 0.434. The number of hydrogen-bond donors (Lipinski definition) is 3. The molecule has 174 valence electrons. The summed E-state index contributed by atoms with van der Waals surface area (Å²) >= 11 is 0. The molecule has 2 aromatic carbocycles. The summed E-state index contributed by atoms with van der Waals surface area (Å²) in [6.07, 6.45) is 1.13. The lowest BCUT2D eigenvalue weighted by Gasteiger charge is -2.27. The monoisotopic (exact) mass is 449 g/mol. The van der Waals surface area contributed by atoms with Gasteiger partial charge in [-0.25, -0.2) is 8.78 Å². The van der Waals surface area contributed by atoms with E-state index in [1.165, 1.54) is 0 Å². The van der Waals surface area contributed by atoms with Gasteiger partial charge in [-0.15, -0.1) is 0 Å². The number of carbonyl (C=O) groups excluding carboxylic acids is 1. The summed E-state index contributed by atoms with van der Waals surface area (Å²) in [4.78, 5) is 11.4. The number of halogens is 2. The van der Waals surface area contributed by atoms with E-state index in [0.717, 1.165) is 17.2 Å². The molecule has 32 heavy (non-hydrogen) atoms. The van der Waals surface area contributed by atoms with E-state index in [2.05, 4.69) is 11.9 Å². The molecule has 2 aromatic rings. The Morgan fingerprint density at radius 1 is 1.03 bits per heavy atom. The summed E-state index contributed by atoms with van der Waals surface area (Å²) in [6.45, 7) is 5.13. The van der Waals surface area contributed by atoms with Crippen LogP contribution in [-0.2, 0) is 10.2 Å². The highest BCUT2D eigenvalue weighted by molar-refractivity contribution is 5.87. The maximum Gasteiger partial charge on any atom is 0.303 e. The van der Waals surface area contributed by atoms with Crippen molar-refractivity contribution in [2.24, 2.45) is 0 Å². The average Bonchev–Trinajstić information content (AvgIpc) is 2.80. The first-order valence-corrected chi connectivity index (χ1v) is 10.1. The zero-order chi connectivity index (χ0) is 23.8. The summed E-state index contributed by atoms with van der Waals surface area (Å²) in [5.41, 5.74) is 1.58. The lowest BCUT2D eigenvalue weighted by molar-refractivity contribution is -0.117. The number of aliphatic hydroxyl groups is 2. The van der Waals surface area contributed by atoms with Gasteiger partial charge in [-0.3, -0.25) is 4.79 Å². The van der Waals surface area contributed by atoms with E-state index in [4.69, 9.17) is 14.6 Å². The molecule has 2 rings (SSSR count). The molecule has 0 aliphatic heterocycles. The SMILES string of the molecule is C=CC(=O)NC(CO)COc1ccc(C(C)(C)c2ccc(OCC(F)(F)CO)cc2)cc1. The van der Waals surface area contributed by atoms with Gasteiger partial charge in [0.1, 0.15) is 24.7 Å². The minimum absolute atomic E-state index is 0.107. The lowest BCUT2D eigenvalue weighted by Crippen LogP contribution is -2.40. The van der Waals surface area contributed by atoms with Gasteiger partial charge in [-0.2, -0.15) is 0 Å². The summed E-state index contributed by atoms with van der Waals surface area (Å²) in [5.74, 6) is -2.79. The molecule has 3 N–H and O–H groups in total. The van der Waals surface area contributed by atoms with E-state index in [9.17, 15) is 18.7 Å². The molecule has 1 unspecified atom stereocenters. The molecule has 0 aliphatic carbocycles. The van der Waals surface area contributed by atoms with Gasteiger partial charge in [0.25, 0.3) is 0 Å². The fourth-order valence-corrected chi connectivity index (χ4v) is 2.93. The number of rotatable bonds is 12. The van der Waals surface area contributed by atoms with Gasteiger partial charge in [-0.05, 0) is 41.5 Å². The van der Waals surface area contributed by atoms with Crippen LogP contribution in [0.4, 0.5) is 8.78 Å². The second-order valence-corrected chi connectivity index (χ2v) is 7.88. The molecule has 8 heteroatoms. The summed E-state index contributed by atoms with van der Waals surface area (Å²) in [5, 5.41) is 20.5. The fraction of sp³-hybridized carbons (Fsp3) is 0.375. The predicted octanol–water partition coefficient (Wildman–Crippen LogP) is 3.06. The van der Waals surface area contributed by atoms with Gasteiger partial charge in [0.15, 0.2) is 6.61 Å². The molecule has 0 saturated heterocycles. The van der Waals surface area contributed by atoms with E-state index in [1.807, 2.05) is 38.1 Å². The van der Waals surface area contributed by atoms with Crippen LogP contribution in [-0.4, -0.2) is 54.5 Å². The highest BCUT2D eigenvalue weighted by atomic mass is 19.3. The van der Waals surface area contributed by atoms with Gasteiger partial charge in [0, 0.05) is 5.41 Å². The van der Waals surface area contributed by atoms with Crippen molar-refractivity contribution in [2.45, 2.75) is 31.2 Å². The Bertz CT molecular complexity index is 882. The average molecular weight is 449 g/mol. The van der Waals surface area contributed by atoms with Gasteiger partial charge >= 0.3 is 5.92 Å². The number of amides is 1. The minimum Gasteiger partial charge on any atom is -0.491 e. The molecule has 6 nitrogen and oxygen atoms in total. The number of hydrogen-bond acceptors (Lipinski definition) is 5. The minimum atomic E-state index is -3.28. The fourth-order valence-electron chi connectivity index (χ4n) is 2.93. The molecule has 1 atom stereocenters. The molecule has 0 saturated carbocycles. The van der Waals surface area contributed by atoms with Crippen LogP contribution in [0.25, 0.3) is 0 Å². The van der Waals surface area contributed by atoms with Crippen LogP contribution in [0.1, 0.15) is 25.0 Å². The van der Waals surface area contributed by atoms with Crippen LogP contribution >= 0.6 is 0 Å². The molecule has 0 heterocycles. The highest BCUT2D eigenvalue weighted by Crippen LogP contribution is 2.33. The molecule has 0 radical (unpaired) electrons. The third-order valence-electron chi connectivity index (χ3n) is 5.04. The van der Waals surface area contributed by atoms with Crippen LogP contribution in [0.3, 0.4) is 0 Å². The van der Waals surface area contributed by atoms with Crippen molar-refractivity contribution in [1.82, 2.24) is 5.32 Å². The van der Waals surface area contributed by atoms with Crippen molar-refractivity contribution < 1.29 is 33.3 Å². The molecule has 0 aliphatic rings. The van der Waals surface area contributed by atoms with Crippen molar-refractivity contribution in [2.75, 3.05) is 26.4 Å². The molecular weight excluding hydrogens is 420 g/mol. The van der Waals surface area contributed by atoms with Crippen LogP contribution in [0.5, 0.6) is 11.5 Å². The number of ether oxygens (including phenoxy) is 2. The maximum absolute atomic E-state index is 13.1. The Labute approximate surface area is 186 Å². The van der Waals surface area contributed by atoms with Gasteiger partial charge in [0.2, 0.25) is 5.91 Å². The molecule has 0 aromatic heterocycles. The lowest BCUT2D eigenvalue weighted by atomic mass is 9.78. The van der Waals surface area contributed by atoms with E-state index in [-0.39, 0.29) is 24.5 Å². The van der Waals surface area contributed by atoms with Crippen molar-refractivity contribution >= 4 is 5.91 Å². The van der Waals surface area contributed by atoms with Crippen molar-refractivity contribution in [3.8, 4) is 11.5 Å². The zero-order valence-corrected chi connectivity index (χ0v) is 18.2. The van der Waals surface area contributed by atoms with E-state index >= 15 is 0 Å².